The number of ether oxygens (including phenoxy) is 1. The van der Waals surface area contributed by atoms with Crippen molar-refractivity contribution in [1.29, 1.82) is 0 Å². The third kappa shape index (κ3) is 4.32. The molecule has 1 aliphatic rings. The van der Waals surface area contributed by atoms with Crippen molar-refractivity contribution in [3.63, 3.8) is 0 Å². The maximum absolute atomic E-state index is 13.5. The van der Waals surface area contributed by atoms with Gasteiger partial charge in [0.25, 0.3) is 0 Å². The number of nitrogens with zero attached hydrogens (tertiary/aromatic N) is 1. The number of amides is 1. The zero-order chi connectivity index (χ0) is 16.8. The van der Waals surface area contributed by atoms with Gasteiger partial charge in [-0.2, -0.15) is 0 Å². The lowest BCUT2D eigenvalue weighted by Gasteiger charge is -2.28. The third-order valence-corrected chi connectivity index (χ3v) is 4.10. The summed E-state index contributed by atoms with van der Waals surface area (Å²) in [7, 11) is 0. The van der Waals surface area contributed by atoms with Crippen molar-refractivity contribution in [1.82, 2.24) is 0 Å². The highest BCUT2D eigenvalue weighted by atomic mass is 19.1. The Balaban J connectivity index is 1.51. The largest absolute Gasteiger partial charge is 0.378 e. The summed E-state index contributed by atoms with van der Waals surface area (Å²) < 4.78 is 18.9. The smallest absolute Gasteiger partial charge is 0.224 e. The molecule has 24 heavy (non-hydrogen) atoms. The van der Waals surface area contributed by atoms with Crippen LogP contribution in [0.1, 0.15) is 12.0 Å². The van der Waals surface area contributed by atoms with Crippen LogP contribution in [0.5, 0.6) is 0 Å². The average Bonchev–Trinajstić information content (AvgIpc) is 2.63. The first kappa shape index (κ1) is 16.5. The number of anilines is 2. The number of benzene rings is 2. The molecule has 0 unspecified atom stereocenters. The monoisotopic (exact) mass is 328 g/mol. The molecule has 1 amide bonds. The van der Waals surface area contributed by atoms with E-state index in [0.717, 1.165) is 31.9 Å². The Labute approximate surface area is 141 Å². The minimum atomic E-state index is -0.416. The maximum atomic E-state index is 13.5. The molecular formula is C19H21FN2O2. The number of hydrogen-bond donors (Lipinski definition) is 1. The second-order valence-corrected chi connectivity index (χ2v) is 5.79. The van der Waals surface area contributed by atoms with Gasteiger partial charge < -0.3 is 15.0 Å². The lowest BCUT2D eigenvalue weighted by atomic mass is 10.1. The van der Waals surface area contributed by atoms with Crippen molar-refractivity contribution in [3.05, 3.63) is 59.9 Å². The van der Waals surface area contributed by atoms with Crippen molar-refractivity contribution in [2.45, 2.75) is 12.8 Å². The fourth-order valence-corrected chi connectivity index (χ4v) is 2.73. The van der Waals surface area contributed by atoms with Gasteiger partial charge in [0.2, 0.25) is 5.91 Å². The molecule has 126 valence electrons. The fraction of sp³-hybridized carbons (Fsp3) is 0.316. The molecule has 3 rings (SSSR count). The molecule has 5 heteroatoms. The number of halogens is 1. The Morgan fingerprint density at radius 2 is 1.79 bits per heavy atom. The number of rotatable bonds is 5. The fourth-order valence-electron chi connectivity index (χ4n) is 2.73. The van der Waals surface area contributed by atoms with Crippen LogP contribution in [0.2, 0.25) is 0 Å². The van der Waals surface area contributed by atoms with Gasteiger partial charge in [-0.05, 0) is 36.2 Å². The Kier molecular flexibility index (Phi) is 5.43. The zero-order valence-corrected chi connectivity index (χ0v) is 13.5. The van der Waals surface area contributed by atoms with E-state index >= 15 is 0 Å². The SMILES string of the molecule is O=C(CCc1ccc(N2CCOCC2)cc1)Nc1ccccc1F. The minimum absolute atomic E-state index is 0.183. The summed E-state index contributed by atoms with van der Waals surface area (Å²) in [6, 6.07) is 14.4. The van der Waals surface area contributed by atoms with Crippen molar-refractivity contribution in [2.75, 3.05) is 36.5 Å². The first-order chi connectivity index (χ1) is 11.7. The van der Waals surface area contributed by atoms with Gasteiger partial charge in [-0.15, -0.1) is 0 Å². The average molecular weight is 328 g/mol. The Bertz CT molecular complexity index is 682. The topological polar surface area (TPSA) is 41.6 Å². The molecule has 2 aromatic carbocycles. The van der Waals surface area contributed by atoms with E-state index in [9.17, 15) is 9.18 Å². The number of nitrogens with one attached hydrogen (secondary N) is 1. The summed E-state index contributed by atoms with van der Waals surface area (Å²) in [5, 5.41) is 2.61. The van der Waals surface area contributed by atoms with Gasteiger partial charge in [-0.3, -0.25) is 4.79 Å². The molecule has 0 aliphatic carbocycles. The summed E-state index contributed by atoms with van der Waals surface area (Å²) >= 11 is 0. The molecular weight excluding hydrogens is 307 g/mol. The van der Waals surface area contributed by atoms with E-state index in [1.54, 1.807) is 18.2 Å². The lowest BCUT2D eigenvalue weighted by molar-refractivity contribution is -0.116. The van der Waals surface area contributed by atoms with E-state index in [1.165, 1.54) is 11.8 Å². The van der Waals surface area contributed by atoms with Gasteiger partial charge in [0, 0.05) is 25.2 Å². The van der Waals surface area contributed by atoms with Crippen molar-refractivity contribution < 1.29 is 13.9 Å². The second-order valence-electron chi connectivity index (χ2n) is 5.79. The third-order valence-electron chi connectivity index (χ3n) is 4.10. The van der Waals surface area contributed by atoms with E-state index in [2.05, 4.69) is 22.3 Å². The zero-order valence-electron chi connectivity index (χ0n) is 13.5. The van der Waals surface area contributed by atoms with Crippen LogP contribution in [0.4, 0.5) is 15.8 Å². The summed E-state index contributed by atoms with van der Waals surface area (Å²) in [4.78, 5) is 14.2. The van der Waals surface area contributed by atoms with Gasteiger partial charge in [0.1, 0.15) is 5.82 Å². The molecule has 2 aromatic rings. The number of carbonyl (C=O) groups excluding carboxylic acids is 1. The normalized spacial score (nSPS) is 14.5. The Hall–Kier alpha value is -2.40. The van der Waals surface area contributed by atoms with Crippen molar-refractivity contribution in [3.8, 4) is 0 Å². The highest BCUT2D eigenvalue weighted by Gasteiger charge is 2.11. The van der Waals surface area contributed by atoms with Crippen molar-refractivity contribution in [2.24, 2.45) is 0 Å². The first-order valence-electron chi connectivity index (χ1n) is 8.18. The molecule has 0 aromatic heterocycles. The van der Waals surface area contributed by atoms with Gasteiger partial charge in [0.15, 0.2) is 0 Å². The first-order valence-corrected chi connectivity index (χ1v) is 8.18. The number of para-hydroxylation sites is 1. The van der Waals surface area contributed by atoms with Crippen LogP contribution < -0.4 is 10.2 Å². The predicted octanol–water partition coefficient (Wildman–Crippen LogP) is 3.23. The van der Waals surface area contributed by atoms with Crippen LogP contribution in [0, 0.1) is 5.82 Å². The maximum Gasteiger partial charge on any atom is 0.224 e. The Morgan fingerprint density at radius 3 is 2.50 bits per heavy atom. The molecule has 1 aliphatic heterocycles. The molecule has 1 fully saturated rings. The van der Waals surface area contributed by atoms with Crippen LogP contribution in [0.3, 0.4) is 0 Å². The van der Waals surface area contributed by atoms with Crippen LogP contribution in [0.15, 0.2) is 48.5 Å². The number of hydrogen-bond acceptors (Lipinski definition) is 3. The summed E-state index contributed by atoms with van der Waals surface area (Å²) in [6.07, 6.45) is 0.953. The molecule has 0 saturated carbocycles. The molecule has 1 N–H and O–H groups in total. The van der Waals surface area contributed by atoms with Gasteiger partial charge in [-0.25, -0.2) is 4.39 Å². The minimum Gasteiger partial charge on any atom is -0.378 e. The summed E-state index contributed by atoms with van der Waals surface area (Å²) in [5.41, 5.74) is 2.50. The van der Waals surface area contributed by atoms with Gasteiger partial charge in [-0.1, -0.05) is 24.3 Å². The number of carbonyl (C=O) groups is 1. The predicted molar refractivity (Wildman–Crippen MR) is 92.8 cm³/mol. The molecule has 1 saturated heterocycles. The summed E-state index contributed by atoms with van der Waals surface area (Å²) in [5.74, 6) is -0.599. The molecule has 0 spiro atoms. The highest BCUT2D eigenvalue weighted by molar-refractivity contribution is 5.90. The quantitative estimate of drug-likeness (QED) is 0.916. The second kappa shape index (κ2) is 7.93. The van der Waals surface area contributed by atoms with Crippen LogP contribution >= 0.6 is 0 Å². The molecule has 1 heterocycles. The van der Waals surface area contributed by atoms with Crippen LogP contribution in [0.25, 0.3) is 0 Å². The Morgan fingerprint density at radius 1 is 1.08 bits per heavy atom. The molecule has 4 nitrogen and oxygen atoms in total. The van der Waals surface area contributed by atoms with Crippen LogP contribution in [-0.4, -0.2) is 32.2 Å². The highest BCUT2D eigenvalue weighted by Crippen LogP contribution is 2.18. The van der Waals surface area contributed by atoms with Gasteiger partial charge in [0.05, 0.1) is 18.9 Å². The van der Waals surface area contributed by atoms with Gasteiger partial charge >= 0.3 is 0 Å². The van der Waals surface area contributed by atoms with Crippen LogP contribution in [-0.2, 0) is 16.0 Å². The van der Waals surface area contributed by atoms with E-state index in [-0.39, 0.29) is 11.6 Å². The van der Waals surface area contributed by atoms with E-state index in [4.69, 9.17) is 4.74 Å². The standard InChI is InChI=1S/C19H21FN2O2/c20-17-3-1-2-4-18(17)21-19(23)10-7-15-5-8-16(9-6-15)22-11-13-24-14-12-22/h1-6,8-9H,7,10-14H2,(H,21,23). The van der Waals surface area contributed by atoms with E-state index in [0.29, 0.717) is 12.8 Å². The van der Waals surface area contributed by atoms with E-state index in [1.807, 2.05) is 12.1 Å². The van der Waals surface area contributed by atoms with E-state index < -0.39 is 5.82 Å². The molecule has 0 bridgehead atoms. The number of aryl methyl sites for hydroxylation is 1. The molecule has 0 atom stereocenters. The number of morpholine rings is 1. The molecule has 0 radical (unpaired) electrons. The summed E-state index contributed by atoms with van der Waals surface area (Å²) in [6.45, 7) is 3.34. The van der Waals surface area contributed by atoms with Crippen molar-refractivity contribution >= 4 is 17.3 Å². The lowest BCUT2D eigenvalue weighted by Crippen LogP contribution is -2.36.